The van der Waals surface area contributed by atoms with Gasteiger partial charge < -0.3 is 15.9 Å². The summed E-state index contributed by atoms with van der Waals surface area (Å²) in [6.07, 6.45) is 2.22. The smallest absolute Gasteiger partial charge is 0.328 e. The second kappa shape index (κ2) is 4.02. The molecule has 0 saturated heterocycles. The fourth-order valence-electron chi connectivity index (χ4n) is 0.899. The number of carbonyl (C=O) groups is 1. The topological polar surface area (TPSA) is 83.5 Å². The minimum Gasteiger partial charge on any atom is -0.506 e. The number of carboxylic acid groups (broad SMARTS) is 1. The van der Waals surface area contributed by atoms with E-state index in [9.17, 15) is 9.90 Å². The van der Waals surface area contributed by atoms with Gasteiger partial charge in [0.25, 0.3) is 0 Å². The summed E-state index contributed by atoms with van der Waals surface area (Å²) >= 11 is 5.58. The molecule has 0 bridgehead atoms. The van der Waals surface area contributed by atoms with Crippen LogP contribution in [0.15, 0.2) is 18.2 Å². The van der Waals surface area contributed by atoms with E-state index in [0.29, 0.717) is 11.3 Å². The van der Waals surface area contributed by atoms with Crippen molar-refractivity contribution in [3.05, 3.63) is 28.8 Å². The summed E-state index contributed by atoms with van der Waals surface area (Å²) in [5, 5.41) is 17.7. The van der Waals surface area contributed by atoms with Crippen LogP contribution in [0.5, 0.6) is 5.75 Å². The first-order chi connectivity index (χ1) is 6.50. The molecule has 5 heteroatoms. The van der Waals surface area contributed by atoms with E-state index < -0.39 is 5.97 Å². The molecule has 0 fully saturated rings. The molecular formula is C9H8ClNO3. The third-order valence-electron chi connectivity index (χ3n) is 1.56. The second-order valence-electron chi connectivity index (χ2n) is 2.60. The first-order valence-corrected chi connectivity index (χ1v) is 4.07. The summed E-state index contributed by atoms with van der Waals surface area (Å²) in [6, 6.07) is 2.66. The Bertz CT molecular complexity index is 401. The minimum absolute atomic E-state index is 0.133. The highest BCUT2D eigenvalue weighted by Crippen LogP contribution is 2.29. The van der Waals surface area contributed by atoms with Crippen LogP contribution < -0.4 is 5.73 Å². The monoisotopic (exact) mass is 213 g/mol. The molecule has 0 heterocycles. The molecule has 1 rings (SSSR count). The van der Waals surface area contributed by atoms with Crippen LogP contribution in [-0.2, 0) is 4.79 Å². The van der Waals surface area contributed by atoms with E-state index in [1.807, 2.05) is 0 Å². The minimum atomic E-state index is -1.08. The number of carboxylic acids is 1. The Hall–Kier alpha value is -1.68. The van der Waals surface area contributed by atoms with Crippen molar-refractivity contribution in [3.8, 4) is 5.75 Å². The molecule has 1 aromatic carbocycles. The summed E-state index contributed by atoms with van der Waals surface area (Å²) in [5.74, 6) is -1.22. The SMILES string of the molecule is Nc1cc(Cl)c(O)cc1/C=C/C(=O)O. The number of nitrogens with two attached hydrogens (primary N) is 1. The Balaban J connectivity index is 3.10. The zero-order valence-electron chi connectivity index (χ0n) is 7.07. The maximum atomic E-state index is 10.2. The lowest BCUT2D eigenvalue weighted by molar-refractivity contribution is -0.131. The number of rotatable bonds is 2. The van der Waals surface area contributed by atoms with Gasteiger partial charge in [0.1, 0.15) is 5.75 Å². The van der Waals surface area contributed by atoms with Crippen LogP contribution in [0.1, 0.15) is 5.56 Å². The van der Waals surface area contributed by atoms with Crippen molar-refractivity contribution in [2.24, 2.45) is 0 Å². The van der Waals surface area contributed by atoms with Crippen LogP contribution in [0.2, 0.25) is 5.02 Å². The molecule has 0 aromatic heterocycles. The van der Waals surface area contributed by atoms with Gasteiger partial charge >= 0.3 is 5.97 Å². The number of aliphatic carboxylic acids is 1. The molecule has 1 aromatic rings. The zero-order valence-corrected chi connectivity index (χ0v) is 7.82. The quantitative estimate of drug-likeness (QED) is 0.397. The average molecular weight is 214 g/mol. The van der Waals surface area contributed by atoms with Crippen LogP contribution in [0, 0.1) is 0 Å². The summed E-state index contributed by atoms with van der Waals surface area (Å²) in [6.45, 7) is 0. The van der Waals surface area contributed by atoms with E-state index in [1.54, 1.807) is 0 Å². The van der Waals surface area contributed by atoms with E-state index in [4.69, 9.17) is 22.4 Å². The van der Waals surface area contributed by atoms with Crippen molar-refractivity contribution in [1.82, 2.24) is 0 Å². The second-order valence-corrected chi connectivity index (χ2v) is 3.01. The summed E-state index contributed by atoms with van der Waals surface area (Å²) in [4.78, 5) is 10.2. The zero-order chi connectivity index (χ0) is 10.7. The number of benzene rings is 1. The molecule has 4 N–H and O–H groups in total. The summed E-state index contributed by atoms with van der Waals surface area (Å²) in [7, 11) is 0. The van der Waals surface area contributed by atoms with Crippen molar-refractivity contribution in [1.29, 1.82) is 0 Å². The van der Waals surface area contributed by atoms with Crippen molar-refractivity contribution < 1.29 is 15.0 Å². The Kier molecular flexibility index (Phi) is 2.99. The highest BCUT2D eigenvalue weighted by molar-refractivity contribution is 6.32. The van der Waals surface area contributed by atoms with E-state index in [2.05, 4.69) is 0 Å². The number of hydrogen-bond acceptors (Lipinski definition) is 3. The number of halogens is 1. The average Bonchev–Trinajstić information content (AvgIpc) is 2.09. The first kappa shape index (κ1) is 10.4. The molecule has 0 aliphatic rings. The number of aromatic hydroxyl groups is 1. The molecule has 0 spiro atoms. The molecular weight excluding hydrogens is 206 g/mol. The largest absolute Gasteiger partial charge is 0.506 e. The van der Waals surface area contributed by atoms with Gasteiger partial charge in [-0.15, -0.1) is 0 Å². The Labute approximate surface area is 85.2 Å². The molecule has 0 atom stereocenters. The van der Waals surface area contributed by atoms with E-state index in [0.717, 1.165) is 6.08 Å². The van der Waals surface area contributed by atoms with E-state index in [-0.39, 0.29) is 10.8 Å². The Morgan fingerprint density at radius 1 is 1.50 bits per heavy atom. The molecule has 14 heavy (non-hydrogen) atoms. The van der Waals surface area contributed by atoms with Gasteiger partial charge in [-0.1, -0.05) is 11.6 Å². The van der Waals surface area contributed by atoms with E-state index in [1.165, 1.54) is 18.2 Å². The number of phenolic OH excluding ortho intramolecular Hbond substituents is 1. The third kappa shape index (κ3) is 2.40. The van der Waals surface area contributed by atoms with Crippen LogP contribution in [0.3, 0.4) is 0 Å². The lowest BCUT2D eigenvalue weighted by Crippen LogP contribution is -1.91. The van der Waals surface area contributed by atoms with Gasteiger partial charge in [0.15, 0.2) is 0 Å². The van der Waals surface area contributed by atoms with Gasteiger partial charge in [-0.2, -0.15) is 0 Å². The molecule has 0 amide bonds. The van der Waals surface area contributed by atoms with Gasteiger partial charge in [-0.3, -0.25) is 0 Å². The van der Waals surface area contributed by atoms with Crippen LogP contribution >= 0.6 is 11.6 Å². The van der Waals surface area contributed by atoms with E-state index >= 15 is 0 Å². The van der Waals surface area contributed by atoms with Gasteiger partial charge in [-0.05, 0) is 18.2 Å². The predicted octanol–water partition coefficient (Wildman–Crippen LogP) is 1.73. The maximum absolute atomic E-state index is 10.2. The fraction of sp³-hybridized carbons (Fsp3) is 0. The molecule has 74 valence electrons. The van der Waals surface area contributed by atoms with Crippen LogP contribution in [-0.4, -0.2) is 16.2 Å². The van der Waals surface area contributed by atoms with Gasteiger partial charge in [0.2, 0.25) is 0 Å². The lowest BCUT2D eigenvalue weighted by Gasteiger charge is -2.02. The third-order valence-corrected chi connectivity index (χ3v) is 1.86. The molecule has 4 nitrogen and oxygen atoms in total. The Morgan fingerprint density at radius 3 is 2.71 bits per heavy atom. The lowest BCUT2D eigenvalue weighted by atomic mass is 10.1. The van der Waals surface area contributed by atoms with Gasteiger partial charge in [-0.25, -0.2) is 4.79 Å². The maximum Gasteiger partial charge on any atom is 0.328 e. The highest BCUT2D eigenvalue weighted by Gasteiger charge is 2.03. The van der Waals surface area contributed by atoms with Crippen molar-refractivity contribution in [2.75, 3.05) is 5.73 Å². The number of phenols is 1. The standard InChI is InChI=1S/C9H8ClNO3/c10-6-4-7(11)5(3-8(6)12)1-2-9(13)14/h1-4,12H,11H2,(H,13,14)/b2-1+. The fourth-order valence-corrected chi connectivity index (χ4v) is 1.07. The predicted molar refractivity (Wildman–Crippen MR) is 54.2 cm³/mol. The summed E-state index contributed by atoms with van der Waals surface area (Å²) < 4.78 is 0. The molecule has 0 aliphatic heterocycles. The number of nitrogen functional groups attached to an aromatic ring is 1. The van der Waals surface area contributed by atoms with Crippen LogP contribution in [0.25, 0.3) is 6.08 Å². The molecule has 0 radical (unpaired) electrons. The van der Waals surface area contributed by atoms with Crippen molar-refractivity contribution in [3.63, 3.8) is 0 Å². The first-order valence-electron chi connectivity index (χ1n) is 3.69. The molecule has 0 unspecified atom stereocenters. The van der Waals surface area contributed by atoms with Crippen LogP contribution in [0.4, 0.5) is 5.69 Å². The molecule has 0 aliphatic carbocycles. The number of anilines is 1. The van der Waals surface area contributed by atoms with Gasteiger partial charge in [0, 0.05) is 17.3 Å². The normalized spacial score (nSPS) is 10.6. The molecule has 0 saturated carbocycles. The Morgan fingerprint density at radius 2 is 2.14 bits per heavy atom. The summed E-state index contributed by atoms with van der Waals surface area (Å²) in [5.41, 5.74) is 6.26. The van der Waals surface area contributed by atoms with Crippen molar-refractivity contribution in [2.45, 2.75) is 0 Å². The highest BCUT2D eigenvalue weighted by atomic mass is 35.5. The van der Waals surface area contributed by atoms with Crippen molar-refractivity contribution >= 4 is 29.3 Å². The van der Waals surface area contributed by atoms with Gasteiger partial charge in [0.05, 0.1) is 5.02 Å². The number of hydrogen-bond donors (Lipinski definition) is 3.